The molecule has 0 aromatic carbocycles. The molecule has 1 aliphatic rings. The average molecular weight is 133 g/mol. The quantitative estimate of drug-likeness (QED) is 0.525. The zero-order valence-electron chi connectivity index (χ0n) is 5.71. The molecule has 0 spiro atoms. The van der Waals surface area contributed by atoms with Gasteiger partial charge in [-0.15, -0.1) is 0 Å². The Morgan fingerprint density at radius 3 is 3.10 bits per heavy atom. The molecular weight excluding hydrogens is 124 g/mol. The van der Waals surface area contributed by atoms with Gasteiger partial charge in [0, 0.05) is 25.0 Å². The first kappa shape index (κ1) is 6.87. The van der Waals surface area contributed by atoms with Crippen LogP contribution < -0.4 is 0 Å². The van der Waals surface area contributed by atoms with Gasteiger partial charge in [-0.3, -0.25) is 4.79 Å². The van der Waals surface area contributed by atoms with Gasteiger partial charge in [-0.2, -0.15) is 0 Å². The summed E-state index contributed by atoms with van der Waals surface area (Å²) in [6.45, 7) is 3.54. The smallest absolute Gasteiger partial charge is 0.201 e. The van der Waals surface area contributed by atoms with Crippen molar-refractivity contribution in [3.05, 3.63) is 42.9 Å². The second-order valence-corrected chi connectivity index (χ2v) is 2.12. The molecule has 0 N–H and O–H groups in total. The summed E-state index contributed by atoms with van der Waals surface area (Å²) >= 11 is 0. The lowest BCUT2D eigenvalue weighted by atomic mass is 10.0. The minimum Gasteiger partial charge on any atom is -0.283 e. The lowest BCUT2D eigenvalue weighted by Crippen LogP contribution is -1.96. The van der Waals surface area contributed by atoms with Crippen LogP contribution in [0, 0.1) is 6.42 Å². The molecule has 1 aliphatic carbocycles. The average Bonchev–Trinajstić information content (AvgIpc) is 1.88. The minimum atomic E-state index is 0.163. The molecule has 0 atom stereocenters. The summed E-state index contributed by atoms with van der Waals surface area (Å²) in [5, 5.41) is 0. The van der Waals surface area contributed by atoms with Crippen molar-refractivity contribution in [2.24, 2.45) is 0 Å². The molecule has 0 unspecified atom stereocenters. The number of hydrogen-bond acceptors (Lipinski definition) is 1. The SMILES string of the molecule is C=C[CH+]C1=CC(=O)CC=C1. The molecule has 50 valence electrons. The van der Waals surface area contributed by atoms with Crippen LogP contribution in [0.1, 0.15) is 6.42 Å². The van der Waals surface area contributed by atoms with E-state index in [1.54, 1.807) is 12.2 Å². The Morgan fingerprint density at radius 2 is 2.50 bits per heavy atom. The van der Waals surface area contributed by atoms with Crippen LogP contribution in [-0.2, 0) is 4.79 Å². The van der Waals surface area contributed by atoms with Crippen LogP contribution in [0.15, 0.2) is 36.5 Å². The maximum Gasteiger partial charge on any atom is 0.201 e. The molecule has 0 saturated heterocycles. The van der Waals surface area contributed by atoms with Crippen molar-refractivity contribution in [1.29, 1.82) is 0 Å². The Balaban J connectivity index is 2.66. The topological polar surface area (TPSA) is 17.1 Å². The predicted octanol–water partition coefficient (Wildman–Crippen LogP) is 1.83. The Labute approximate surface area is 60.7 Å². The lowest BCUT2D eigenvalue weighted by molar-refractivity contribution is -0.113. The van der Waals surface area contributed by atoms with Gasteiger partial charge in [0.2, 0.25) is 5.78 Å². The van der Waals surface area contributed by atoms with Gasteiger partial charge in [0.15, 0.2) is 0 Å². The number of hydrogen-bond donors (Lipinski definition) is 0. The lowest BCUT2D eigenvalue weighted by Gasteiger charge is -1.94. The van der Waals surface area contributed by atoms with Crippen molar-refractivity contribution in [2.75, 3.05) is 0 Å². The van der Waals surface area contributed by atoms with Crippen LogP contribution in [0.5, 0.6) is 0 Å². The van der Waals surface area contributed by atoms with Crippen LogP contribution in [0.25, 0.3) is 0 Å². The number of carbonyl (C=O) groups excluding carboxylic acids is 1. The van der Waals surface area contributed by atoms with Gasteiger partial charge in [0.1, 0.15) is 0 Å². The standard InChI is InChI=1S/C9H9O/c1-2-4-8-5-3-6-9(10)7-8/h2-5,7H,1,6H2/q+1. The summed E-state index contributed by atoms with van der Waals surface area (Å²) in [6, 6.07) is 0. The zero-order valence-corrected chi connectivity index (χ0v) is 5.71. The Kier molecular flexibility index (Phi) is 2.11. The van der Waals surface area contributed by atoms with E-state index in [9.17, 15) is 4.79 Å². The number of ketones is 1. The van der Waals surface area contributed by atoms with Crippen molar-refractivity contribution in [3.8, 4) is 0 Å². The Bertz CT molecular complexity index is 209. The van der Waals surface area contributed by atoms with Crippen molar-refractivity contribution in [1.82, 2.24) is 0 Å². The van der Waals surface area contributed by atoms with E-state index in [4.69, 9.17) is 0 Å². The van der Waals surface area contributed by atoms with Gasteiger partial charge in [-0.05, 0) is 12.7 Å². The van der Waals surface area contributed by atoms with Gasteiger partial charge in [-0.1, -0.05) is 0 Å². The molecule has 0 saturated carbocycles. The van der Waals surface area contributed by atoms with Crippen molar-refractivity contribution in [3.63, 3.8) is 0 Å². The third kappa shape index (κ3) is 1.62. The summed E-state index contributed by atoms with van der Waals surface area (Å²) in [6.07, 6.45) is 9.43. The first-order valence-electron chi connectivity index (χ1n) is 3.20. The second-order valence-electron chi connectivity index (χ2n) is 2.12. The fourth-order valence-electron chi connectivity index (χ4n) is 0.844. The molecule has 1 heteroatoms. The fraction of sp³-hybridized carbons (Fsp3) is 0.111. The number of carbonyl (C=O) groups is 1. The molecule has 0 bridgehead atoms. The predicted molar refractivity (Wildman–Crippen MR) is 41.3 cm³/mol. The molecule has 0 amide bonds. The van der Waals surface area contributed by atoms with Gasteiger partial charge < -0.3 is 0 Å². The molecule has 0 aliphatic heterocycles. The van der Waals surface area contributed by atoms with E-state index in [1.165, 1.54) is 0 Å². The van der Waals surface area contributed by atoms with Crippen molar-refractivity contribution >= 4 is 5.78 Å². The van der Waals surface area contributed by atoms with E-state index < -0.39 is 0 Å². The van der Waals surface area contributed by atoms with Gasteiger partial charge >= 0.3 is 0 Å². The van der Waals surface area contributed by atoms with E-state index in [0.717, 1.165) is 5.57 Å². The van der Waals surface area contributed by atoms with Crippen molar-refractivity contribution < 1.29 is 4.79 Å². The van der Waals surface area contributed by atoms with Gasteiger partial charge in [-0.25, -0.2) is 0 Å². The Hall–Kier alpha value is -1.24. The summed E-state index contributed by atoms with van der Waals surface area (Å²) in [5.41, 5.74) is 0.936. The maximum atomic E-state index is 10.8. The fourth-order valence-corrected chi connectivity index (χ4v) is 0.844. The Morgan fingerprint density at radius 1 is 1.70 bits per heavy atom. The summed E-state index contributed by atoms with van der Waals surface area (Å²) < 4.78 is 0. The summed E-state index contributed by atoms with van der Waals surface area (Å²) in [4.78, 5) is 10.8. The van der Waals surface area contributed by atoms with Crippen LogP contribution in [0.4, 0.5) is 0 Å². The van der Waals surface area contributed by atoms with E-state index in [1.807, 2.05) is 18.6 Å². The van der Waals surface area contributed by atoms with E-state index in [0.29, 0.717) is 6.42 Å². The number of rotatable bonds is 2. The largest absolute Gasteiger partial charge is 0.283 e. The molecule has 1 nitrogen and oxygen atoms in total. The highest BCUT2D eigenvalue weighted by Gasteiger charge is 2.07. The summed E-state index contributed by atoms with van der Waals surface area (Å²) in [7, 11) is 0. The highest BCUT2D eigenvalue weighted by Crippen LogP contribution is 2.09. The first-order chi connectivity index (χ1) is 4.83. The third-order valence-corrected chi connectivity index (χ3v) is 1.27. The van der Waals surface area contributed by atoms with E-state index >= 15 is 0 Å². The molecule has 1 rings (SSSR count). The van der Waals surface area contributed by atoms with E-state index in [2.05, 4.69) is 6.58 Å². The monoisotopic (exact) mass is 133 g/mol. The second kappa shape index (κ2) is 3.06. The first-order valence-corrected chi connectivity index (χ1v) is 3.20. The molecule has 10 heavy (non-hydrogen) atoms. The zero-order chi connectivity index (χ0) is 7.40. The maximum absolute atomic E-state index is 10.8. The molecule has 0 heterocycles. The van der Waals surface area contributed by atoms with Gasteiger partial charge in [0.05, 0.1) is 11.6 Å². The normalized spacial score (nSPS) is 16.4. The molecule has 0 aromatic rings. The van der Waals surface area contributed by atoms with Crippen LogP contribution in [-0.4, -0.2) is 5.78 Å². The summed E-state index contributed by atoms with van der Waals surface area (Å²) in [5.74, 6) is 0.163. The number of allylic oxidation sites excluding steroid dienone is 5. The minimum absolute atomic E-state index is 0.163. The van der Waals surface area contributed by atoms with Crippen LogP contribution in [0.2, 0.25) is 0 Å². The van der Waals surface area contributed by atoms with Crippen LogP contribution in [0.3, 0.4) is 0 Å². The molecule has 0 fully saturated rings. The van der Waals surface area contributed by atoms with Crippen LogP contribution >= 0.6 is 0 Å². The van der Waals surface area contributed by atoms with E-state index in [-0.39, 0.29) is 5.78 Å². The highest BCUT2D eigenvalue weighted by molar-refractivity contribution is 5.93. The molecular formula is C9H9O+. The molecule has 0 radical (unpaired) electrons. The van der Waals surface area contributed by atoms with Crippen molar-refractivity contribution in [2.45, 2.75) is 6.42 Å². The third-order valence-electron chi connectivity index (χ3n) is 1.27. The van der Waals surface area contributed by atoms with Gasteiger partial charge in [0.25, 0.3) is 0 Å². The highest BCUT2D eigenvalue weighted by atomic mass is 16.1. The molecule has 0 aromatic heterocycles.